The third kappa shape index (κ3) is 47.3. The third-order valence-electron chi connectivity index (χ3n) is 12.0. The number of esters is 3. The van der Waals surface area contributed by atoms with Crippen LogP contribution in [0.4, 0.5) is 0 Å². The Morgan fingerprint density at radius 1 is 0.322 bits per heavy atom. The van der Waals surface area contributed by atoms with E-state index < -0.39 is 6.10 Å². The number of ether oxygens (including phenoxy) is 3. The molecule has 0 N–H and O–H groups in total. The van der Waals surface area contributed by atoms with Crippen LogP contribution in [0.25, 0.3) is 0 Å². The molecule has 0 heterocycles. The number of carbonyl (C=O) groups is 3. The fourth-order valence-electron chi connectivity index (χ4n) is 7.99. The maximum atomic E-state index is 12.7. The van der Waals surface area contributed by atoms with Crippen molar-refractivity contribution >= 4 is 17.9 Å². The highest BCUT2D eigenvalue weighted by atomic mass is 16.6. The molecule has 59 heavy (non-hydrogen) atoms. The average Bonchev–Trinajstić information content (AvgIpc) is 3.20. The third-order valence-corrected chi connectivity index (χ3v) is 12.0. The highest BCUT2D eigenvalue weighted by Crippen LogP contribution is 2.18. The molecule has 0 aliphatic rings. The van der Waals surface area contributed by atoms with Gasteiger partial charge in [-0.05, 0) is 31.1 Å². The fourth-order valence-corrected chi connectivity index (χ4v) is 7.99. The van der Waals surface area contributed by atoms with Gasteiger partial charge >= 0.3 is 17.9 Å². The largest absolute Gasteiger partial charge is 0.462 e. The highest BCUT2D eigenvalue weighted by Gasteiger charge is 2.19. The van der Waals surface area contributed by atoms with Gasteiger partial charge in [0.15, 0.2) is 6.10 Å². The lowest BCUT2D eigenvalue weighted by molar-refractivity contribution is -0.167. The van der Waals surface area contributed by atoms with E-state index in [1.165, 1.54) is 173 Å². The van der Waals surface area contributed by atoms with Crippen LogP contribution in [-0.2, 0) is 28.6 Å². The van der Waals surface area contributed by atoms with Crippen LogP contribution < -0.4 is 0 Å². The first-order valence-electron chi connectivity index (χ1n) is 26.2. The zero-order valence-corrected chi connectivity index (χ0v) is 40.4. The molecule has 0 aliphatic heterocycles. The van der Waals surface area contributed by atoms with Gasteiger partial charge in [0.2, 0.25) is 0 Å². The molecule has 0 saturated heterocycles. The SMILES string of the molecule is CCCCCCCC(=O)OC[C@@H](COC(=O)CCCCCCCCCCCCCCCCCCCCC(C)C)OC(=O)CCCCCCCCCCCCCCC(C)C. The summed E-state index contributed by atoms with van der Waals surface area (Å²) in [6.45, 7) is 11.3. The summed E-state index contributed by atoms with van der Waals surface area (Å²) in [6.07, 6.45) is 47.0. The van der Waals surface area contributed by atoms with Crippen LogP contribution in [0, 0.1) is 11.8 Å². The van der Waals surface area contributed by atoms with Crippen molar-refractivity contribution in [2.24, 2.45) is 11.8 Å². The lowest BCUT2D eigenvalue weighted by Gasteiger charge is -2.18. The minimum absolute atomic E-state index is 0.0645. The van der Waals surface area contributed by atoms with Crippen LogP contribution in [0.3, 0.4) is 0 Å². The number of rotatable bonds is 47. The minimum Gasteiger partial charge on any atom is -0.462 e. The first-order chi connectivity index (χ1) is 28.7. The van der Waals surface area contributed by atoms with Gasteiger partial charge in [-0.25, -0.2) is 0 Å². The first kappa shape index (κ1) is 57.4. The molecule has 0 saturated carbocycles. The summed E-state index contributed by atoms with van der Waals surface area (Å²) in [7, 11) is 0. The Morgan fingerprint density at radius 3 is 0.831 bits per heavy atom. The minimum atomic E-state index is -0.759. The van der Waals surface area contributed by atoms with Crippen LogP contribution >= 0.6 is 0 Å². The standard InChI is InChI=1S/C53H102O6/c1-6-7-8-31-38-43-51(54)57-46-50(59-53(56)45-40-35-30-26-22-18-17-20-24-28-33-37-42-49(4)5)47-58-52(55)44-39-34-29-25-21-16-14-12-10-9-11-13-15-19-23-27-32-36-41-48(2)3/h48-50H,6-47H2,1-5H3/t50-/m0/s1. The van der Waals surface area contributed by atoms with Gasteiger partial charge in [0, 0.05) is 19.3 Å². The van der Waals surface area contributed by atoms with E-state index in [9.17, 15) is 14.4 Å². The Morgan fingerprint density at radius 2 is 0.559 bits per heavy atom. The molecule has 0 amide bonds. The second kappa shape index (κ2) is 45.9. The van der Waals surface area contributed by atoms with Gasteiger partial charge in [-0.15, -0.1) is 0 Å². The Hall–Kier alpha value is -1.59. The van der Waals surface area contributed by atoms with Crippen molar-refractivity contribution in [1.29, 1.82) is 0 Å². The summed E-state index contributed by atoms with van der Waals surface area (Å²) in [6, 6.07) is 0. The molecular formula is C53H102O6. The van der Waals surface area contributed by atoms with E-state index in [-0.39, 0.29) is 31.1 Å². The van der Waals surface area contributed by atoms with Gasteiger partial charge in [0.05, 0.1) is 0 Å². The average molecular weight is 835 g/mol. The van der Waals surface area contributed by atoms with E-state index in [2.05, 4.69) is 34.6 Å². The summed E-state index contributed by atoms with van der Waals surface area (Å²) >= 11 is 0. The van der Waals surface area contributed by atoms with Crippen LogP contribution in [-0.4, -0.2) is 37.2 Å². The van der Waals surface area contributed by atoms with Crippen molar-refractivity contribution < 1.29 is 28.6 Å². The number of carbonyl (C=O) groups excluding carboxylic acids is 3. The molecule has 0 bridgehead atoms. The Balaban J connectivity index is 4.06. The normalized spacial score (nSPS) is 12.1. The van der Waals surface area contributed by atoms with E-state index in [1.54, 1.807) is 0 Å². The molecule has 0 unspecified atom stereocenters. The topological polar surface area (TPSA) is 78.9 Å². The van der Waals surface area contributed by atoms with Crippen LogP contribution in [0.1, 0.15) is 291 Å². The molecular weight excluding hydrogens is 733 g/mol. The van der Waals surface area contributed by atoms with Gasteiger partial charge in [-0.3, -0.25) is 14.4 Å². The predicted octanol–water partition coefficient (Wildman–Crippen LogP) is 16.9. The molecule has 0 radical (unpaired) electrons. The van der Waals surface area contributed by atoms with Crippen molar-refractivity contribution in [1.82, 2.24) is 0 Å². The molecule has 6 heteroatoms. The van der Waals surface area contributed by atoms with Gasteiger partial charge in [-0.2, -0.15) is 0 Å². The molecule has 6 nitrogen and oxygen atoms in total. The van der Waals surface area contributed by atoms with E-state index >= 15 is 0 Å². The predicted molar refractivity (Wildman–Crippen MR) is 252 cm³/mol. The van der Waals surface area contributed by atoms with Crippen molar-refractivity contribution in [2.75, 3.05) is 13.2 Å². The Labute approximate surface area is 368 Å². The number of hydrogen-bond donors (Lipinski definition) is 0. The zero-order valence-electron chi connectivity index (χ0n) is 40.4. The second-order valence-corrected chi connectivity index (χ2v) is 19.1. The van der Waals surface area contributed by atoms with Crippen molar-refractivity contribution in [3.05, 3.63) is 0 Å². The van der Waals surface area contributed by atoms with Gasteiger partial charge in [-0.1, -0.05) is 253 Å². The Kier molecular flexibility index (Phi) is 44.7. The summed E-state index contributed by atoms with van der Waals surface area (Å²) in [5.74, 6) is 0.830. The van der Waals surface area contributed by atoms with Gasteiger partial charge in [0.1, 0.15) is 13.2 Å². The fraction of sp³-hybridized carbons (Fsp3) is 0.943. The van der Waals surface area contributed by atoms with Crippen LogP contribution in [0.15, 0.2) is 0 Å². The summed E-state index contributed by atoms with van der Waals surface area (Å²) in [5.41, 5.74) is 0. The first-order valence-corrected chi connectivity index (χ1v) is 26.2. The van der Waals surface area contributed by atoms with Crippen molar-refractivity contribution in [2.45, 2.75) is 298 Å². The lowest BCUT2D eigenvalue weighted by Crippen LogP contribution is -2.30. The van der Waals surface area contributed by atoms with E-state index in [4.69, 9.17) is 14.2 Å². The highest BCUT2D eigenvalue weighted by molar-refractivity contribution is 5.71. The quantitative estimate of drug-likeness (QED) is 0.0345. The number of hydrogen-bond acceptors (Lipinski definition) is 6. The molecule has 1 atom stereocenters. The zero-order chi connectivity index (χ0) is 43.3. The maximum Gasteiger partial charge on any atom is 0.306 e. The maximum absolute atomic E-state index is 12.7. The smallest absolute Gasteiger partial charge is 0.306 e. The number of unbranched alkanes of at least 4 members (excludes halogenated alkanes) is 32. The van der Waals surface area contributed by atoms with E-state index in [0.29, 0.717) is 19.3 Å². The molecule has 350 valence electrons. The monoisotopic (exact) mass is 835 g/mol. The molecule has 0 aliphatic carbocycles. The van der Waals surface area contributed by atoms with Gasteiger partial charge < -0.3 is 14.2 Å². The van der Waals surface area contributed by atoms with E-state index in [1.807, 2.05) is 0 Å². The van der Waals surface area contributed by atoms with E-state index in [0.717, 1.165) is 76.0 Å². The van der Waals surface area contributed by atoms with Gasteiger partial charge in [0.25, 0.3) is 0 Å². The molecule has 0 rings (SSSR count). The van der Waals surface area contributed by atoms with Crippen molar-refractivity contribution in [3.63, 3.8) is 0 Å². The Bertz CT molecular complexity index is 900. The van der Waals surface area contributed by atoms with Crippen molar-refractivity contribution in [3.8, 4) is 0 Å². The second-order valence-electron chi connectivity index (χ2n) is 19.1. The molecule has 0 spiro atoms. The molecule has 0 aromatic heterocycles. The van der Waals surface area contributed by atoms with Crippen LogP contribution in [0.5, 0.6) is 0 Å². The summed E-state index contributed by atoms with van der Waals surface area (Å²) in [4.78, 5) is 37.7. The molecule has 0 aromatic carbocycles. The van der Waals surface area contributed by atoms with Crippen LogP contribution in [0.2, 0.25) is 0 Å². The summed E-state index contributed by atoms with van der Waals surface area (Å²) < 4.78 is 16.7. The molecule has 0 fully saturated rings. The summed E-state index contributed by atoms with van der Waals surface area (Å²) in [5, 5.41) is 0. The lowest BCUT2D eigenvalue weighted by atomic mass is 10.0. The molecule has 0 aromatic rings.